The highest BCUT2D eigenvalue weighted by Gasteiger charge is 2.43. The number of aromatic nitrogens is 3. The van der Waals surface area contributed by atoms with Crippen molar-refractivity contribution >= 4 is 28.6 Å². The predicted octanol–water partition coefficient (Wildman–Crippen LogP) is 2.62. The van der Waals surface area contributed by atoms with Gasteiger partial charge < -0.3 is 5.11 Å². The highest BCUT2D eigenvalue weighted by molar-refractivity contribution is 14.1. The number of carboxylic acids is 1. The van der Waals surface area contributed by atoms with E-state index in [0.717, 1.165) is 34.1 Å². The van der Waals surface area contributed by atoms with E-state index in [0.29, 0.717) is 17.7 Å². The Hall–Kier alpha value is -1.44. The molecule has 5 rings (SSSR count). The number of carbonyl (C=O) groups is 1. The molecule has 2 aromatic heterocycles. The van der Waals surface area contributed by atoms with Gasteiger partial charge in [0.1, 0.15) is 0 Å². The Kier molecular flexibility index (Phi) is 2.63. The maximum Gasteiger partial charge on any atom is 0.356 e. The minimum atomic E-state index is -0.934. The van der Waals surface area contributed by atoms with Crippen molar-refractivity contribution in [3.8, 4) is 5.82 Å². The first-order valence-corrected chi connectivity index (χ1v) is 7.68. The molecule has 0 spiro atoms. The van der Waals surface area contributed by atoms with Crippen LogP contribution in [0.2, 0.25) is 0 Å². The number of nitrogens with zero attached hydrogens (tertiary/aromatic N) is 3. The van der Waals surface area contributed by atoms with Crippen LogP contribution in [0, 0.1) is 9.49 Å². The van der Waals surface area contributed by atoms with Crippen LogP contribution in [0.4, 0.5) is 0 Å². The SMILES string of the molecule is O=C(O)c1nn(-c2cc(I)ccn2)c2c1C1CC(C2)C1. The summed E-state index contributed by atoms with van der Waals surface area (Å²) in [5.74, 6) is 0.844. The van der Waals surface area contributed by atoms with Gasteiger partial charge in [-0.2, -0.15) is 5.10 Å². The first-order chi connectivity index (χ1) is 9.63. The second-order valence-electron chi connectivity index (χ2n) is 5.50. The zero-order valence-corrected chi connectivity index (χ0v) is 12.7. The van der Waals surface area contributed by atoms with Gasteiger partial charge in [0.05, 0.1) is 5.69 Å². The molecule has 102 valence electrons. The van der Waals surface area contributed by atoms with Gasteiger partial charge >= 0.3 is 5.97 Å². The Bertz CT molecular complexity index is 719. The molecule has 2 bridgehead atoms. The van der Waals surface area contributed by atoms with Gasteiger partial charge in [-0.05, 0) is 65.8 Å². The average molecular weight is 381 g/mol. The lowest BCUT2D eigenvalue weighted by Crippen LogP contribution is -2.31. The molecule has 2 aromatic rings. The van der Waals surface area contributed by atoms with Crippen LogP contribution in [-0.4, -0.2) is 25.8 Å². The molecular formula is C14H12IN3O2. The molecule has 0 saturated heterocycles. The number of pyridine rings is 1. The summed E-state index contributed by atoms with van der Waals surface area (Å²) in [4.78, 5) is 15.8. The van der Waals surface area contributed by atoms with Gasteiger partial charge in [0.2, 0.25) is 0 Å². The molecule has 1 saturated carbocycles. The summed E-state index contributed by atoms with van der Waals surface area (Å²) in [5, 5.41) is 13.7. The summed E-state index contributed by atoms with van der Waals surface area (Å²) in [6, 6.07) is 3.84. The molecule has 2 heterocycles. The van der Waals surface area contributed by atoms with Gasteiger partial charge in [-0.25, -0.2) is 14.5 Å². The zero-order valence-electron chi connectivity index (χ0n) is 10.6. The number of hydrogen-bond donors (Lipinski definition) is 1. The Balaban J connectivity index is 1.93. The third-order valence-corrected chi connectivity index (χ3v) is 4.95. The molecule has 0 radical (unpaired) electrons. The molecule has 1 N–H and O–H groups in total. The van der Waals surface area contributed by atoms with Gasteiger partial charge in [-0.1, -0.05) is 0 Å². The van der Waals surface area contributed by atoms with Crippen molar-refractivity contribution in [2.45, 2.75) is 25.2 Å². The van der Waals surface area contributed by atoms with Crippen molar-refractivity contribution in [3.05, 3.63) is 38.9 Å². The molecule has 0 unspecified atom stereocenters. The summed E-state index contributed by atoms with van der Waals surface area (Å²) in [5.41, 5.74) is 2.20. The van der Waals surface area contributed by atoms with Gasteiger partial charge in [-0.15, -0.1) is 0 Å². The Morgan fingerprint density at radius 2 is 2.25 bits per heavy atom. The Morgan fingerprint density at radius 1 is 1.45 bits per heavy atom. The van der Waals surface area contributed by atoms with Crippen LogP contribution in [0.3, 0.4) is 0 Å². The van der Waals surface area contributed by atoms with Crippen molar-refractivity contribution in [1.82, 2.24) is 14.8 Å². The first kappa shape index (κ1) is 12.3. The van der Waals surface area contributed by atoms with E-state index in [2.05, 4.69) is 32.7 Å². The van der Waals surface area contributed by atoms with Crippen LogP contribution in [0.1, 0.15) is 40.5 Å². The lowest BCUT2D eigenvalue weighted by molar-refractivity contribution is 0.0686. The second-order valence-corrected chi connectivity index (χ2v) is 6.74. The quantitative estimate of drug-likeness (QED) is 0.813. The highest BCUT2D eigenvalue weighted by atomic mass is 127. The van der Waals surface area contributed by atoms with Crippen LogP contribution in [0.5, 0.6) is 0 Å². The lowest BCUT2D eigenvalue weighted by atomic mass is 9.64. The minimum Gasteiger partial charge on any atom is -0.476 e. The van der Waals surface area contributed by atoms with Gasteiger partial charge in [0.15, 0.2) is 11.5 Å². The maximum atomic E-state index is 11.4. The molecule has 1 fully saturated rings. The van der Waals surface area contributed by atoms with Crippen LogP contribution in [-0.2, 0) is 6.42 Å². The summed E-state index contributed by atoms with van der Waals surface area (Å²) in [6.07, 6.45) is 4.87. The molecule has 20 heavy (non-hydrogen) atoms. The van der Waals surface area contributed by atoms with Gasteiger partial charge in [-0.3, -0.25) is 0 Å². The standard InChI is InChI=1S/C14H12IN3O2/c15-9-1-2-16-11(6-9)18-10-5-7-3-8(4-7)12(10)13(17-18)14(19)20/h1-2,6-8H,3-5H2,(H,19,20). The topological polar surface area (TPSA) is 68.0 Å². The van der Waals surface area contributed by atoms with Crippen LogP contribution < -0.4 is 0 Å². The molecular weight excluding hydrogens is 369 g/mol. The monoisotopic (exact) mass is 381 g/mol. The Morgan fingerprint density at radius 3 is 2.95 bits per heavy atom. The predicted molar refractivity (Wildman–Crippen MR) is 80.2 cm³/mol. The number of hydrogen-bond acceptors (Lipinski definition) is 3. The molecule has 6 heteroatoms. The maximum absolute atomic E-state index is 11.4. The van der Waals surface area contributed by atoms with Crippen molar-refractivity contribution in [2.75, 3.05) is 0 Å². The van der Waals surface area contributed by atoms with Crippen LogP contribution in [0.15, 0.2) is 18.3 Å². The molecule has 0 atom stereocenters. The van der Waals surface area contributed by atoms with E-state index in [1.807, 2.05) is 12.1 Å². The van der Waals surface area contributed by atoms with Crippen LogP contribution in [0.25, 0.3) is 5.82 Å². The van der Waals surface area contributed by atoms with E-state index in [1.165, 1.54) is 0 Å². The summed E-state index contributed by atoms with van der Waals surface area (Å²) in [7, 11) is 0. The summed E-state index contributed by atoms with van der Waals surface area (Å²) < 4.78 is 2.80. The van der Waals surface area contributed by atoms with Gasteiger partial charge in [0.25, 0.3) is 0 Å². The number of halogens is 1. The van der Waals surface area contributed by atoms with E-state index in [1.54, 1.807) is 10.9 Å². The van der Waals surface area contributed by atoms with E-state index < -0.39 is 5.97 Å². The third-order valence-electron chi connectivity index (χ3n) is 4.27. The normalized spacial score (nSPS) is 23.1. The molecule has 0 aromatic carbocycles. The van der Waals surface area contributed by atoms with E-state index in [4.69, 9.17) is 0 Å². The summed E-state index contributed by atoms with van der Waals surface area (Å²) >= 11 is 2.22. The molecule has 0 aliphatic heterocycles. The number of carboxylic acid groups (broad SMARTS) is 1. The number of rotatable bonds is 2. The van der Waals surface area contributed by atoms with Crippen LogP contribution >= 0.6 is 22.6 Å². The van der Waals surface area contributed by atoms with Crippen molar-refractivity contribution in [3.63, 3.8) is 0 Å². The molecule has 0 amide bonds. The van der Waals surface area contributed by atoms with E-state index in [-0.39, 0.29) is 5.69 Å². The first-order valence-electron chi connectivity index (χ1n) is 6.60. The minimum absolute atomic E-state index is 0.212. The number of aromatic carboxylic acids is 1. The Labute approximate surface area is 129 Å². The van der Waals surface area contributed by atoms with Gasteiger partial charge in [0, 0.05) is 15.3 Å². The fraction of sp³-hybridized carbons (Fsp3) is 0.357. The average Bonchev–Trinajstić information content (AvgIpc) is 2.77. The second kappa shape index (κ2) is 4.28. The zero-order chi connectivity index (χ0) is 13.9. The van der Waals surface area contributed by atoms with E-state index in [9.17, 15) is 9.90 Å². The molecule has 3 aliphatic carbocycles. The largest absolute Gasteiger partial charge is 0.476 e. The van der Waals surface area contributed by atoms with Crippen molar-refractivity contribution in [1.29, 1.82) is 0 Å². The van der Waals surface area contributed by atoms with E-state index >= 15 is 0 Å². The third kappa shape index (κ3) is 1.70. The van der Waals surface area contributed by atoms with Crippen molar-refractivity contribution < 1.29 is 9.90 Å². The molecule has 5 nitrogen and oxygen atoms in total. The fourth-order valence-electron chi connectivity index (χ4n) is 3.36. The molecule has 3 aliphatic rings. The fourth-order valence-corrected chi connectivity index (χ4v) is 3.80. The summed E-state index contributed by atoms with van der Waals surface area (Å²) in [6.45, 7) is 0. The van der Waals surface area contributed by atoms with Crippen molar-refractivity contribution in [2.24, 2.45) is 5.92 Å². The smallest absolute Gasteiger partial charge is 0.356 e. The lowest BCUT2D eigenvalue weighted by Gasteiger charge is -2.41. The highest BCUT2D eigenvalue weighted by Crippen LogP contribution is 2.51.